The number of phenols is 1. The number of aryl methyl sites for hydroxylation is 2. The fraction of sp³-hybridized carbons (Fsp3) is 0.192. The third-order valence-electron chi connectivity index (χ3n) is 5.52. The van der Waals surface area contributed by atoms with Gasteiger partial charge in [0.1, 0.15) is 5.75 Å². The largest absolute Gasteiger partial charge is 0.507 e. The summed E-state index contributed by atoms with van der Waals surface area (Å²) < 4.78 is 1.68. The zero-order valence-corrected chi connectivity index (χ0v) is 21.4. The number of thiazole rings is 1. The molecule has 2 N–H and O–H groups in total. The van der Waals surface area contributed by atoms with Crippen LogP contribution in [0.4, 0.5) is 17.1 Å². The Morgan fingerprint density at radius 2 is 1.92 bits per heavy atom. The molecule has 1 amide bonds. The number of nitrogens with one attached hydrogen (secondary N) is 1. The number of hydrogen-bond acceptors (Lipinski definition) is 8. The van der Waals surface area contributed by atoms with Crippen molar-refractivity contribution in [1.29, 1.82) is 0 Å². The number of benzene rings is 3. The zero-order chi connectivity index (χ0) is 25.7. The first kappa shape index (κ1) is 25.3. The molecule has 0 aliphatic heterocycles. The van der Waals surface area contributed by atoms with Crippen LogP contribution in [0.2, 0.25) is 0 Å². The van der Waals surface area contributed by atoms with Gasteiger partial charge in [0.2, 0.25) is 5.91 Å². The Hall–Kier alpha value is -3.76. The van der Waals surface area contributed by atoms with Crippen LogP contribution in [0.1, 0.15) is 30.5 Å². The molecule has 0 aliphatic carbocycles. The summed E-state index contributed by atoms with van der Waals surface area (Å²) in [5.41, 5.74) is 4.71. The van der Waals surface area contributed by atoms with Crippen LogP contribution in [-0.2, 0) is 17.6 Å². The van der Waals surface area contributed by atoms with Gasteiger partial charge in [-0.15, -0.1) is 11.3 Å². The quantitative estimate of drug-likeness (QED) is 0.112. The lowest BCUT2D eigenvalue weighted by molar-refractivity contribution is -0.384. The van der Waals surface area contributed by atoms with Gasteiger partial charge in [0.05, 0.1) is 26.6 Å². The number of hydrogen-bond donors (Lipinski definition) is 2. The third kappa shape index (κ3) is 5.89. The van der Waals surface area contributed by atoms with Crippen molar-refractivity contribution in [3.63, 3.8) is 0 Å². The van der Waals surface area contributed by atoms with E-state index in [0.717, 1.165) is 44.2 Å². The number of non-ortho nitro benzene ring substituents is 1. The Bertz CT molecular complexity index is 1440. The van der Waals surface area contributed by atoms with Crippen LogP contribution in [-0.4, -0.2) is 32.9 Å². The maximum absolute atomic E-state index is 12.7. The molecule has 3 aromatic carbocycles. The van der Waals surface area contributed by atoms with E-state index >= 15 is 0 Å². The highest BCUT2D eigenvalue weighted by atomic mass is 32.2. The van der Waals surface area contributed by atoms with Gasteiger partial charge >= 0.3 is 0 Å². The average molecular weight is 521 g/mol. The van der Waals surface area contributed by atoms with E-state index in [1.165, 1.54) is 47.5 Å². The molecule has 0 bridgehead atoms. The highest BCUT2D eigenvalue weighted by Gasteiger charge is 2.13. The molecule has 4 rings (SSSR count). The van der Waals surface area contributed by atoms with Gasteiger partial charge in [-0.05, 0) is 48.2 Å². The van der Waals surface area contributed by atoms with E-state index in [2.05, 4.69) is 29.1 Å². The standard InChI is InChI=1S/C26H24N4O4S2/c1-3-16-6-5-7-17(4-2)25(16)29-24(32)15-35-26-28-21-10-8-19(13-23(21)36-26)27-14-18-12-20(30(33)34)9-11-22(18)31/h5-14,31H,3-4,15H2,1-2H3,(H,29,32). The summed E-state index contributed by atoms with van der Waals surface area (Å²) in [5.74, 6) is 0.0858. The molecule has 0 atom stereocenters. The molecule has 4 aromatic rings. The highest BCUT2D eigenvalue weighted by Crippen LogP contribution is 2.32. The van der Waals surface area contributed by atoms with Crippen LogP contribution in [0.15, 0.2) is 63.9 Å². The number of nitro benzene ring substituents is 1. The van der Waals surface area contributed by atoms with Gasteiger partial charge in [-0.3, -0.25) is 19.9 Å². The number of fused-ring (bicyclic) bond motifs is 1. The van der Waals surface area contributed by atoms with Crippen LogP contribution < -0.4 is 5.32 Å². The number of carbonyl (C=O) groups is 1. The number of amides is 1. The molecule has 0 unspecified atom stereocenters. The molecule has 0 radical (unpaired) electrons. The topological polar surface area (TPSA) is 118 Å². The molecule has 0 aliphatic rings. The Balaban J connectivity index is 1.44. The Morgan fingerprint density at radius 1 is 1.17 bits per heavy atom. The summed E-state index contributed by atoms with van der Waals surface area (Å²) in [4.78, 5) is 32.1. The van der Waals surface area contributed by atoms with Crippen molar-refractivity contribution in [1.82, 2.24) is 4.98 Å². The number of para-hydroxylation sites is 1. The van der Waals surface area contributed by atoms with Crippen molar-refractivity contribution >= 4 is 62.5 Å². The van der Waals surface area contributed by atoms with Crippen LogP contribution in [0.3, 0.4) is 0 Å². The highest BCUT2D eigenvalue weighted by molar-refractivity contribution is 8.01. The number of phenolic OH excluding ortho intramolecular Hbond substituents is 1. The van der Waals surface area contributed by atoms with Crippen LogP contribution >= 0.6 is 23.1 Å². The first-order valence-corrected chi connectivity index (χ1v) is 13.1. The molecule has 1 heterocycles. The lowest BCUT2D eigenvalue weighted by Gasteiger charge is -2.14. The van der Waals surface area contributed by atoms with Gasteiger partial charge < -0.3 is 10.4 Å². The molecule has 8 nitrogen and oxygen atoms in total. The van der Waals surface area contributed by atoms with Crippen LogP contribution in [0, 0.1) is 10.1 Å². The molecule has 36 heavy (non-hydrogen) atoms. The van der Waals surface area contributed by atoms with E-state index in [1.54, 1.807) is 6.07 Å². The molecule has 0 saturated heterocycles. The van der Waals surface area contributed by atoms with Crippen molar-refractivity contribution < 1.29 is 14.8 Å². The van der Waals surface area contributed by atoms with E-state index < -0.39 is 4.92 Å². The molecule has 1 aromatic heterocycles. The van der Waals surface area contributed by atoms with Crippen LogP contribution in [0.5, 0.6) is 5.75 Å². The van der Waals surface area contributed by atoms with Gasteiger partial charge in [-0.2, -0.15) is 0 Å². The Kier molecular flexibility index (Phi) is 7.97. The van der Waals surface area contributed by atoms with Crippen molar-refractivity contribution in [2.75, 3.05) is 11.1 Å². The molecule has 184 valence electrons. The summed E-state index contributed by atoms with van der Waals surface area (Å²) in [6.07, 6.45) is 3.09. The maximum atomic E-state index is 12.7. The minimum absolute atomic E-state index is 0.0723. The van der Waals surface area contributed by atoms with Gasteiger partial charge in [-0.1, -0.05) is 43.8 Å². The van der Waals surface area contributed by atoms with E-state index in [4.69, 9.17) is 0 Å². The second-order valence-electron chi connectivity index (χ2n) is 7.89. The Labute approximate surface area is 216 Å². The monoisotopic (exact) mass is 520 g/mol. The van der Waals surface area contributed by atoms with Crippen molar-refractivity contribution in [2.45, 2.75) is 31.0 Å². The van der Waals surface area contributed by atoms with Gasteiger partial charge in [0.15, 0.2) is 4.34 Å². The average Bonchev–Trinajstić information content (AvgIpc) is 3.29. The number of nitro groups is 1. The van der Waals surface area contributed by atoms with Gasteiger partial charge in [0, 0.05) is 29.6 Å². The third-order valence-corrected chi connectivity index (χ3v) is 7.68. The summed E-state index contributed by atoms with van der Waals surface area (Å²) in [5, 5.41) is 24.0. The molecule has 0 fully saturated rings. The number of aromatic nitrogens is 1. The number of anilines is 1. The number of aromatic hydroxyl groups is 1. The van der Waals surface area contributed by atoms with Crippen LogP contribution in [0.25, 0.3) is 10.2 Å². The number of rotatable bonds is 9. The SMILES string of the molecule is CCc1cccc(CC)c1NC(=O)CSc1nc2ccc(N=Cc3cc([N+](=O)[O-])ccc3O)cc2s1. The summed E-state index contributed by atoms with van der Waals surface area (Å²) in [6.45, 7) is 4.15. The fourth-order valence-electron chi connectivity index (χ4n) is 3.64. The van der Waals surface area contributed by atoms with E-state index in [0.29, 0.717) is 5.69 Å². The fourth-order valence-corrected chi connectivity index (χ4v) is 5.54. The molecule has 0 spiro atoms. The van der Waals surface area contributed by atoms with Gasteiger partial charge in [-0.25, -0.2) is 4.98 Å². The zero-order valence-electron chi connectivity index (χ0n) is 19.7. The van der Waals surface area contributed by atoms with E-state index in [9.17, 15) is 20.0 Å². The maximum Gasteiger partial charge on any atom is 0.270 e. The Morgan fingerprint density at radius 3 is 2.61 bits per heavy atom. The second-order valence-corrected chi connectivity index (χ2v) is 10.1. The van der Waals surface area contributed by atoms with Crippen molar-refractivity contribution in [3.8, 4) is 5.75 Å². The van der Waals surface area contributed by atoms with Crippen molar-refractivity contribution in [3.05, 3.63) is 81.4 Å². The molecular formula is C26H24N4O4S2. The van der Waals surface area contributed by atoms with Crippen molar-refractivity contribution in [2.24, 2.45) is 4.99 Å². The molecular weight excluding hydrogens is 496 g/mol. The van der Waals surface area contributed by atoms with Gasteiger partial charge in [0.25, 0.3) is 5.69 Å². The number of carbonyl (C=O) groups excluding carboxylic acids is 1. The molecule has 0 saturated carbocycles. The summed E-state index contributed by atoms with van der Waals surface area (Å²) >= 11 is 2.85. The lowest BCUT2D eigenvalue weighted by atomic mass is 10.0. The number of thioether (sulfide) groups is 1. The minimum Gasteiger partial charge on any atom is -0.507 e. The minimum atomic E-state index is -0.523. The smallest absolute Gasteiger partial charge is 0.270 e. The van der Waals surface area contributed by atoms with E-state index in [1.807, 2.05) is 30.3 Å². The first-order valence-electron chi connectivity index (χ1n) is 11.3. The predicted octanol–water partition coefficient (Wildman–Crippen LogP) is 6.52. The lowest BCUT2D eigenvalue weighted by Crippen LogP contribution is -2.16. The second kappa shape index (κ2) is 11.3. The van der Waals surface area contributed by atoms with E-state index in [-0.39, 0.29) is 28.7 Å². The first-order chi connectivity index (χ1) is 17.4. The predicted molar refractivity (Wildman–Crippen MR) is 146 cm³/mol. The molecule has 10 heteroatoms. The summed E-state index contributed by atoms with van der Waals surface area (Å²) in [6, 6.07) is 15.3. The number of aliphatic imine (C=N–C) groups is 1. The summed E-state index contributed by atoms with van der Waals surface area (Å²) in [7, 11) is 0. The normalized spacial score (nSPS) is 11.3. The number of nitrogens with zero attached hydrogens (tertiary/aromatic N) is 3.